The Hall–Kier alpha value is -3.56. The molecular formula is C23H24F3N5O2. The topological polar surface area (TPSA) is 81.1 Å². The number of ether oxygens (including phenoxy) is 1. The Morgan fingerprint density at radius 1 is 1.12 bits per heavy atom. The van der Waals surface area contributed by atoms with Crippen molar-refractivity contribution in [1.29, 1.82) is 0 Å². The lowest BCUT2D eigenvalue weighted by molar-refractivity contribution is -0.00915. The van der Waals surface area contributed by atoms with E-state index in [4.69, 9.17) is 4.74 Å². The van der Waals surface area contributed by atoms with Gasteiger partial charge in [0.2, 0.25) is 0 Å². The molecule has 0 saturated carbocycles. The first-order valence-electron chi connectivity index (χ1n) is 10.5. The average molecular weight is 459 g/mol. The molecule has 0 fully saturated rings. The van der Waals surface area contributed by atoms with E-state index in [0.717, 1.165) is 12.4 Å². The number of likely N-dealkylation sites (N-methyl/N-ethyl adjacent to an activating group) is 1. The van der Waals surface area contributed by atoms with Gasteiger partial charge in [-0.25, -0.2) is 33.1 Å². The minimum atomic E-state index is -3.01. The quantitative estimate of drug-likeness (QED) is 0.469. The number of carbonyl (C=O) groups is 1. The summed E-state index contributed by atoms with van der Waals surface area (Å²) in [6.07, 6.45) is 4.72. The van der Waals surface area contributed by atoms with Crippen molar-refractivity contribution in [3.63, 3.8) is 0 Å². The van der Waals surface area contributed by atoms with Crippen LogP contribution in [0.2, 0.25) is 0 Å². The molecule has 0 aliphatic heterocycles. The number of amides is 1. The van der Waals surface area contributed by atoms with E-state index >= 15 is 0 Å². The number of rotatable bonds is 9. The van der Waals surface area contributed by atoms with Gasteiger partial charge in [-0.15, -0.1) is 0 Å². The summed E-state index contributed by atoms with van der Waals surface area (Å²) < 4.78 is 46.9. The fraction of sp³-hybridized carbons (Fsp3) is 0.348. The van der Waals surface area contributed by atoms with Crippen LogP contribution in [-0.4, -0.2) is 49.9 Å². The van der Waals surface area contributed by atoms with Crippen molar-refractivity contribution in [2.75, 3.05) is 13.2 Å². The normalized spacial score (nSPS) is 12.3. The lowest BCUT2D eigenvalue weighted by Crippen LogP contribution is -2.42. The van der Waals surface area contributed by atoms with Crippen LogP contribution in [-0.2, 0) is 5.92 Å². The summed E-state index contributed by atoms with van der Waals surface area (Å²) in [6.45, 7) is 5.32. The van der Waals surface area contributed by atoms with E-state index in [1.807, 2.05) is 0 Å². The lowest BCUT2D eigenvalue weighted by atomic mass is 10.0. The monoisotopic (exact) mass is 459 g/mol. The molecule has 174 valence electrons. The number of nitrogens with zero attached hydrogens (tertiary/aromatic N) is 5. The molecule has 0 spiro atoms. The second-order valence-electron chi connectivity index (χ2n) is 7.33. The van der Waals surface area contributed by atoms with Gasteiger partial charge < -0.3 is 9.64 Å². The number of benzene rings is 1. The van der Waals surface area contributed by atoms with Crippen molar-refractivity contribution < 1.29 is 22.7 Å². The molecule has 0 bridgehead atoms. The fourth-order valence-electron chi connectivity index (χ4n) is 3.21. The Balaban J connectivity index is 1.75. The number of alkyl halides is 2. The molecule has 0 N–H and O–H groups in total. The van der Waals surface area contributed by atoms with Gasteiger partial charge in [0.1, 0.15) is 12.4 Å². The van der Waals surface area contributed by atoms with E-state index in [1.54, 1.807) is 24.8 Å². The molecule has 3 aromatic rings. The summed E-state index contributed by atoms with van der Waals surface area (Å²) in [7, 11) is 0. The molecule has 3 rings (SSSR count). The van der Waals surface area contributed by atoms with Crippen LogP contribution in [0.15, 0.2) is 49.1 Å². The molecule has 7 nitrogen and oxygen atoms in total. The van der Waals surface area contributed by atoms with Crippen LogP contribution in [0.5, 0.6) is 6.01 Å². The number of halogens is 3. The molecule has 0 aliphatic rings. The van der Waals surface area contributed by atoms with E-state index in [9.17, 15) is 18.0 Å². The minimum absolute atomic E-state index is 0.0292. The Kier molecular flexibility index (Phi) is 7.57. The Labute approximate surface area is 189 Å². The van der Waals surface area contributed by atoms with Crippen molar-refractivity contribution in [1.82, 2.24) is 24.8 Å². The molecule has 0 radical (unpaired) electrons. The summed E-state index contributed by atoms with van der Waals surface area (Å²) in [5, 5.41) is 0. The Morgan fingerprint density at radius 2 is 1.79 bits per heavy atom. The Bertz CT molecular complexity index is 1080. The van der Waals surface area contributed by atoms with Crippen molar-refractivity contribution in [2.45, 2.75) is 39.2 Å². The molecule has 2 heterocycles. The first-order valence-corrected chi connectivity index (χ1v) is 10.5. The summed E-state index contributed by atoms with van der Waals surface area (Å²) in [5.74, 6) is -3.64. The van der Waals surface area contributed by atoms with Crippen LogP contribution in [0.25, 0.3) is 11.4 Å². The highest BCUT2D eigenvalue weighted by molar-refractivity contribution is 6.00. The van der Waals surface area contributed by atoms with Gasteiger partial charge in [-0.05, 0) is 38.1 Å². The molecule has 1 aromatic carbocycles. The zero-order valence-corrected chi connectivity index (χ0v) is 18.5. The maximum absolute atomic E-state index is 13.9. The smallest absolute Gasteiger partial charge is 0.316 e. The highest BCUT2D eigenvalue weighted by Crippen LogP contribution is 2.30. The summed E-state index contributed by atoms with van der Waals surface area (Å²) in [6, 6.07) is 4.96. The van der Waals surface area contributed by atoms with E-state index in [1.165, 1.54) is 37.5 Å². The van der Waals surface area contributed by atoms with Gasteiger partial charge in [0.15, 0.2) is 5.82 Å². The fourth-order valence-corrected chi connectivity index (χ4v) is 3.21. The van der Waals surface area contributed by atoms with E-state index in [2.05, 4.69) is 19.9 Å². The van der Waals surface area contributed by atoms with Gasteiger partial charge in [0.25, 0.3) is 11.8 Å². The third-order valence-electron chi connectivity index (χ3n) is 5.10. The molecule has 0 aliphatic carbocycles. The molecule has 0 unspecified atom stereocenters. The molecule has 1 amide bonds. The van der Waals surface area contributed by atoms with E-state index < -0.39 is 17.8 Å². The van der Waals surface area contributed by atoms with Gasteiger partial charge in [-0.1, -0.05) is 6.92 Å². The Morgan fingerprint density at radius 3 is 2.39 bits per heavy atom. The largest absolute Gasteiger partial charge is 0.461 e. The maximum atomic E-state index is 13.9. The summed E-state index contributed by atoms with van der Waals surface area (Å²) >= 11 is 0. The molecule has 2 aromatic heterocycles. The molecule has 10 heteroatoms. The van der Waals surface area contributed by atoms with Crippen LogP contribution >= 0.6 is 0 Å². The summed E-state index contributed by atoms with van der Waals surface area (Å²) in [5.41, 5.74) is 0.240. The van der Waals surface area contributed by atoms with Gasteiger partial charge in [-0.2, -0.15) is 0 Å². The predicted octanol–water partition coefficient (Wildman–Crippen LogP) is 4.50. The number of carbonyl (C=O) groups excluding carboxylic acids is 1. The third kappa shape index (κ3) is 5.63. The zero-order chi connectivity index (χ0) is 24.0. The number of hydrogen-bond donors (Lipinski definition) is 0. The second kappa shape index (κ2) is 10.4. The van der Waals surface area contributed by atoms with Crippen LogP contribution in [0.4, 0.5) is 13.2 Å². The first-order chi connectivity index (χ1) is 15.8. The summed E-state index contributed by atoms with van der Waals surface area (Å²) in [4.78, 5) is 30.8. The van der Waals surface area contributed by atoms with Gasteiger partial charge in [0.05, 0.1) is 17.2 Å². The van der Waals surface area contributed by atoms with Crippen LogP contribution < -0.4 is 4.74 Å². The van der Waals surface area contributed by atoms with Gasteiger partial charge in [-0.3, -0.25) is 4.79 Å². The maximum Gasteiger partial charge on any atom is 0.316 e. The predicted molar refractivity (Wildman–Crippen MR) is 115 cm³/mol. The minimum Gasteiger partial charge on any atom is -0.461 e. The van der Waals surface area contributed by atoms with E-state index in [0.29, 0.717) is 6.54 Å². The number of hydrogen-bond acceptors (Lipinski definition) is 6. The average Bonchev–Trinajstić information content (AvgIpc) is 2.83. The van der Waals surface area contributed by atoms with Crippen molar-refractivity contribution >= 4 is 5.91 Å². The van der Waals surface area contributed by atoms with Crippen LogP contribution in [0.3, 0.4) is 0 Å². The van der Waals surface area contributed by atoms with Crippen molar-refractivity contribution in [3.05, 3.63) is 66.0 Å². The van der Waals surface area contributed by atoms with Crippen molar-refractivity contribution in [3.8, 4) is 17.4 Å². The zero-order valence-electron chi connectivity index (χ0n) is 18.5. The van der Waals surface area contributed by atoms with Gasteiger partial charge in [0, 0.05) is 43.3 Å². The molecule has 1 atom stereocenters. The van der Waals surface area contributed by atoms with Gasteiger partial charge >= 0.3 is 6.01 Å². The highest BCUT2D eigenvalue weighted by Gasteiger charge is 2.30. The van der Waals surface area contributed by atoms with Crippen LogP contribution in [0, 0.1) is 5.82 Å². The molecular weight excluding hydrogens is 435 g/mol. The highest BCUT2D eigenvalue weighted by atomic mass is 19.3. The second-order valence-corrected chi connectivity index (χ2v) is 7.33. The SMILES string of the molecule is CCN(C(=O)c1ccc(F)cc1-c1ncccn1)[C@@H](C)COc1ncc(C(F)(F)CC)cn1. The van der Waals surface area contributed by atoms with Crippen LogP contribution in [0.1, 0.15) is 43.1 Å². The molecule has 0 saturated heterocycles. The first kappa shape index (κ1) is 24.1. The van der Waals surface area contributed by atoms with E-state index in [-0.39, 0.29) is 47.5 Å². The standard InChI is InChI=1S/C23H24F3N5O2/c1-4-23(25,26)16-12-29-22(30-13-16)33-14-15(3)31(5-2)21(32)18-8-7-17(24)11-19(18)20-27-9-6-10-28-20/h6-13,15H,4-5,14H2,1-3H3/t15-/m0/s1. The lowest BCUT2D eigenvalue weighted by Gasteiger charge is -2.28. The third-order valence-corrected chi connectivity index (χ3v) is 5.10. The van der Waals surface area contributed by atoms with Crippen molar-refractivity contribution in [2.24, 2.45) is 0 Å². The number of aromatic nitrogens is 4. The molecule has 33 heavy (non-hydrogen) atoms.